The zero-order valence-corrected chi connectivity index (χ0v) is 14.8. The van der Waals surface area contributed by atoms with Crippen LogP contribution < -0.4 is 5.73 Å². The fraction of sp³-hybridized carbons (Fsp3) is 0.381. The molecule has 3 N–H and O–H groups in total. The van der Waals surface area contributed by atoms with Crippen LogP contribution in [0.3, 0.4) is 0 Å². The maximum Gasteiger partial charge on any atom is 0.127 e. The highest BCUT2D eigenvalue weighted by molar-refractivity contribution is 5.74. The summed E-state index contributed by atoms with van der Waals surface area (Å²) in [5, 5.41) is 0. The molecule has 2 aromatic carbocycles. The summed E-state index contributed by atoms with van der Waals surface area (Å²) < 4.78 is 14.6. The molecule has 134 valence electrons. The van der Waals surface area contributed by atoms with E-state index in [1.165, 1.54) is 0 Å². The Balaban J connectivity index is 1.52. The van der Waals surface area contributed by atoms with Crippen molar-refractivity contribution in [3.63, 3.8) is 0 Å². The van der Waals surface area contributed by atoms with Crippen molar-refractivity contribution < 1.29 is 4.39 Å². The molecule has 5 atom stereocenters. The molecular weight excluding hydrogens is 327 g/mol. The summed E-state index contributed by atoms with van der Waals surface area (Å²) in [6.45, 7) is 3.80. The van der Waals surface area contributed by atoms with Gasteiger partial charge in [0.1, 0.15) is 11.6 Å². The van der Waals surface area contributed by atoms with Crippen LogP contribution in [0.1, 0.15) is 30.4 Å². The van der Waals surface area contributed by atoms with Crippen molar-refractivity contribution in [2.75, 3.05) is 13.1 Å². The van der Waals surface area contributed by atoms with E-state index >= 15 is 0 Å². The van der Waals surface area contributed by atoms with Crippen molar-refractivity contribution in [1.82, 2.24) is 14.9 Å². The van der Waals surface area contributed by atoms with Gasteiger partial charge in [0.05, 0.1) is 17.1 Å². The highest BCUT2D eigenvalue weighted by Crippen LogP contribution is 2.62. The summed E-state index contributed by atoms with van der Waals surface area (Å²) in [7, 11) is 0. The molecule has 3 aromatic rings. The van der Waals surface area contributed by atoms with Crippen molar-refractivity contribution in [2.45, 2.75) is 19.0 Å². The number of aromatic amines is 1. The number of benzene rings is 2. The average molecular weight is 350 g/mol. The van der Waals surface area contributed by atoms with Crippen LogP contribution in [0.5, 0.6) is 0 Å². The molecule has 0 spiro atoms. The van der Waals surface area contributed by atoms with Gasteiger partial charge >= 0.3 is 0 Å². The van der Waals surface area contributed by atoms with Crippen molar-refractivity contribution in [1.29, 1.82) is 0 Å². The summed E-state index contributed by atoms with van der Waals surface area (Å²) in [6, 6.07) is 15.4. The maximum absolute atomic E-state index is 14.6. The highest BCUT2D eigenvalue weighted by atomic mass is 19.1. The van der Waals surface area contributed by atoms with E-state index in [-0.39, 0.29) is 17.9 Å². The Hall–Kier alpha value is -2.24. The second kappa shape index (κ2) is 5.89. The average Bonchev–Trinajstić information content (AvgIpc) is 3.01. The number of hydrogen-bond donors (Lipinski definition) is 2. The van der Waals surface area contributed by atoms with Crippen LogP contribution in [0.25, 0.3) is 11.0 Å². The van der Waals surface area contributed by atoms with E-state index in [2.05, 4.69) is 16.8 Å². The molecule has 2 fully saturated rings. The number of nitrogens with two attached hydrogens (primary N) is 1. The van der Waals surface area contributed by atoms with Crippen molar-refractivity contribution >= 4 is 11.0 Å². The normalized spacial score (nSPS) is 29.0. The number of piperidine rings is 1. The number of aromatic nitrogens is 2. The monoisotopic (exact) mass is 350 g/mol. The maximum atomic E-state index is 14.6. The van der Waals surface area contributed by atoms with Gasteiger partial charge in [0.15, 0.2) is 0 Å². The molecule has 5 rings (SSSR count). The second-order valence-electron chi connectivity index (χ2n) is 7.62. The van der Waals surface area contributed by atoms with E-state index in [4.69, 9.17) is 10.7 Å². The first-order chi connectivity index (χ1) is 12.7. The lowest BCUT2D eigenvalue weighted by atomic mass is 9.98. The van der Waals surface area contributed by atoms with Gasteiger partial charge in [0, 0.05) is 18.2 Å². The van der Waals surface area contributed by atoms with Gasteiger partial charge in [-0.2, -0.15) is 0 Å². The van der Waals surface area contributed by atoms with E-state index < -0.39 is 0 Å². The van der Waals surface area contributed by atoms with Crippen LogP contribution in [-0.2, 0) is 0 Å². The van der Waals surface area contributed by atoms with Gasteiger partial charge in [-0.1, -0.05) is 30.3 Å². The van der Waals surface area contributed by atoms with Gasteiger partial charge in [0.2, 0.25) is 0 Å². The molecule has 1 aromatic heterocycles. The number of likely N-dealkylation sites (tertiary alicyclic amines) is 1. The molecule has 4 nitrogen and oxygen atoms in total. The van der Waals surface area contributed by atoms with E-state index in [1.807, 2.05) is 36.4 Å². The number of H-pyrrole nitrogens is 1. The first kappa shape index (κ1) is 16.0. The molecule has 0 amide bonds. The van der Waals surface area contributed by atoms with Gasteiger partial charge in [-0.3, -0.25) is 4.90 Å². The Kier molecular flexibility index (Phi) is 3.62. The number of halogens is 1. The Morgan fingerprint density at radius 3 is 2.77 bits per heavy atom. The summed E-state index contributed by atoms with van der Waals surface area (Å²) in [4.78, 5) is 10.6. The third-order valence-electron chi connectivity index (χ3n) is 6.34. The third kappa shape index (κ3) is 2.31. The number of fused-ring (bicyclic) bond motifs is 2. The fourth-order valence-electron chi connectivity index (χ4n) is 4.94. The molecule has 5 heteroatoms. The van der Waals surface area contributed by atoms with Crippen molar-refractivity contribution in [2.24, 2.45) is 23.5 Å². The molecule has 2 aliphatic rings. The van der Waals surface area contributed by atoms with E-state index in [0.717, 1.165) is 29.0 Å². The van der Waals surface area contributed by atoms with Gasteiger partial charge < -0.3 is 10.7 Å². The summed E-state index contributed by atoms with van der Waals surface area (Å²) in [5.74, 6) is 2.35. The van der Waals surface area contributed by atoms with Crippen molar-refractivity contribution in [3.05, 3.63) is 65.7 Å². The molecular formula is C21H23FN4. The molecule has 26 heavy (non-hydrogen) atoms. The third-order valence-corrected chi connectivity index (χ3v) is 6.34. The predicted octanol–water partition coefficient (Wildman–Crippen LogP) is 3.64. The Labute approximate surface area is 152 Å². The van der Waals surface area contributed by atoms with Crippen LogP contribution >= 0.6 is 0 Å². The van der Waals surface area contributed by atoms with Gasteiger partial charge in [-0.25, -0.2) is 9.37 Å². The molecule has 0 radical (unpaired) electrons. The van der Waals surface area contributed by atoms with Crippen molar-refractivity contribution in [3.8, 4) is 0 Å². The predicted molar refractivity (Wildman–Crippen MR) is 99.9 cm³/mol. The molecule has 0 bridgehead atoms. The zero-order chi connectivity index (χ0) is 17.8. The van der Waals surface area contributed by atoms with Crippen LogP contribution in [0, 0.1) is 23.6 Å². The van der Waals surface area contributed by atoms with E-state index in [0.29, 0.717) is 24.3 Å². The summed E-state index contributed by atoms with van der Waals surface area (Å²) in [5.41, 5.74) is 8.76. The number of nitrogens with one attached hydrogen (secondary N) is 1. The topological polar surface area (TPSA) is 57.9 Å². The minimum Gasteiger partial charge on any atom is -0.341 e. The Morgan fingerprint density at radius 2 is 2.00 bits per heavy atom. The molecule has 1 saturated carbocycles. The number of nitrogens with zero attached hydrogens (tertiary/aromatic N) is 2. The lowest BCUT2D eigenvalue weighted by Gasteiger charge is -2.33. The Bertz CT molecular complexity index is 919. The molecule has 1 aliphatic heterocycles. The Morgan fingerprint density at radius 1 is 1.23 bits per heavy atom. The fourth-order valence-corrected chi connectivity index (χ4v) is 4.94. The lowest BCUT2D eigenvalue weighted by Crippen LogP contribution is -2.33. The second-order valence-corrected chi connectivity index (χ2v) is 7.62. The largest absolute Gasteiger partial charge is 0.341 e. The minimum absolute atomic E-state index is 0.0676. The quantitative estimate of drug-likeness (QED) is 0.755. The smallest absolute Gasteiger partial charge is 0.127 e. The summed E-state index contributed by atoms with van der Waals surface area (Å²) >= 11 is 0. The first-order valence-electron chi connectivity index (χ1n) is 9.34. The first-order valence-corrected chi connectivity index (χ1v) is 9.34. The zero-order valence-electron chi connectivity index (χ0n) is 14.8. The number of hydrogen-bond acceptors (Lipinski definition) is 3. The van der Waals surface area contributed by atoms with Gasteiger partial charge in [-0.15, -0.1) is 0 Å². The highest BCUT2D eigenvalue weighted by Gasteiger charge is 2.61. The number of imidazole rings is 1. The number of rotatable bonds is 4. The standard InChI is InChI=1S/C21H23FN4/c1-12(21-24-17-8-4-5-9-18(17)25-21)26-11-15-14(10-23)19(15)20(26)13-6-2-3-7-16(13)22/h2-9,12,14-15,19-20H,10-11,23H2,1H3,(H,24,25). The molecule has 1 saturated heterocycles. The van der Waals surface area contributed by atoms with Crippen LogP contribution in [0.15, 0.2) is 48.5 Å². The van der Waals surface area contributed by atoms with E-state index in [1.54, 1.807) is 12.1 Å². The molecule has 5 unspecified atom stereocenters. The minimum atomic E-state index is -0.123. The lowest BCUT2D eigenvalue weighted by molar-refractivity contribution is 0.145. The van der Waals surface area contributed by atoms with Gasteiger partial charge in [0.25, 0.3) is 0 Å². The van der Waals surface area contributed by atoms with Gasteiger partial charge in [-0.05, 0) is 49.4 Å². The molecule has 2 heterocycles. The molecule has 1 aliphatic carbocycles. The van der Waals surface area contributed by atoms with Crippen LogP contribution in [0.2, 0.25) is 0 Å². The van der Waals surface area contributed by atoms with Crippen LogP contribution in [0.4, 0.5) is 4.39 Å². The SMILES string of the molecule is CC(c1nc2ccccc2[nH]1)N1CC2C(CN)C2C1c1ccccc1F. The number of para-hydroxylation sites is 2. The summed E-state index contributed by atoms with van der Waals surface area (Å²) in [6.07, 6.45) is 0. The van der Waals surface area contributed by atoms with E-state index in [9.17, 15) is 4.39 Å². The van der Waals surface area contributed by atoms with Crippen LogP contribution in [-0.4, -0.2) is 28.0 Å².